The molecule has 2 heterocycles. The number of carbonyl (C=O) groups excluding carboxylic acids is 1. The van der Waals surface area contributed by atoms with Gasteiger partial charge in [-0.2, -0.15) is 0 Å². The summed E-state index contributed by atoms with van der Waals surface area (Å²) in [6.07, 6.45) is 4.42. The molecule has 1 aromatic heterocycles. The zero-order valence-electron chi connectivity index (χ0n) is 11.9. The highest BCUT2D eigenvalue weighted by Crippen LogP contribution is 2.11. The Balaban J connectivity index is 1.79. The Labute approximate surface area is 115 Å². The van der Waals surface area contributed by atoms with E-state index in [1.54, 1.807) is 0 Å². The highest BCUT2D eigenvalue weighted by Gasteiger charge is 2.21. The number of hydrogen-bond donors (Lipinski definition) is 1. The van der Waals surface area contributed by atoms with Crippen LogP contribution in [0, 0.1) is 0 Å². The van der Waals surface area contributed by atoms with Crippen LogP contribution in [0.5, 0.6) is 0 Å². The zero-order valence-corrected chi connectivity index (χ0v) is 11.9. The lowest BCUT2D eigenvalue weighted by molar-refractivity contribution is -0.134. The first-order valence-corrected chi connectivity index (χ1v) is 7.30. The molecule has 0 radical (unpaired) electrons. The summed E-state index contributed by atoms with van der Waals surface area (Å²) < 4.78 is 5.62. The summed E-state index contributed by atoms with van der Waals surface area (Å²) in [5.74, 6) is 2.10. The van der Waals surface area contributed by atoms with Gasteiger partial charge >= 0.3 is 0 Å². The van der Waals surface area contributed by atoms with Crippen molar-refractivity contribution in [2.24, 2.45) is 0 Å². The molecule has 0 bridgehead atoms. The average molecular weight is 264 g/mol. The second-order valence-electron chi connectivity index (χ2n) is 5.21. The Morgan fingerprint density at radius 1 is 1.32 bits per heavy atom. The minimum Gasteiger partial charge on any atom is -0.465 e. The number of nitrogens with zero attached hydrogens (tertiary/aromatic N) is 1. The third-order valence-corrected chi connectivity index (χ3v) is 3.69. The van der Waals surface area contributed by atoms with E-state index >= 15 is 0 Å². The predicted molar refractivity (Wildman–Crippen MR) is 74.8 cm³/mol. The molecule has 0 aliphatic carbocycles. The van der Waals surface area contributed by atoms with Gasteiger partial charge in [0, 0.05) is 19.5 Å². The third-order valence-electron chi connectivity index (χ3n) is 3.69. The van der Waals surface area contributed by atoms with Crippen LogP contribution in [0.2, 0.25) is 0 Å². The molecule has 1 atom stereocenters. The molecular weight excluding hydrogens is 240 g/mol. The maximum absolute atomic E-state index is 12.2. The van der Waals surface area contributed by atoms with E-state index in [0.717, 1.165) is 43.9 Å². The van der Waals surface area contributed by atoms with E-state index in [2.05, 4.69) is 12.2 Å². The molecule has 1 fully saturated rings. The largest absolute Gasteiger partial charge is 0.465 e. The Morgan fingerprint density at radius 2 is 2.00 bits per heavy atom. The molecule has 1 saturated heterocycles. The molecule has 0 spiro atoms. The number of furan rings is 1. The number of likely N-dealkylation sites (tertiary alicyclic amines) is 1. The fraction of sp³-hybridized carbons (Fsp3) is 0.667. The van der Waals surface area contributed by atoms with Crippen LogP contribution >= 0.6 is 0 Å². The van der Waals surface area contributed by atoms with Crippen LogP contribution in [0.25, 0.3) is 0 Å². The monoisotopic (exact) mass is 264 g/mol. The lowest BCUT2D eigenvalue weighted by atomic mass is 10.1. The van der Waals surface area contributed by atoms with Crippen LogP contribution in [-0.4, -0.2) is 29.9 Å². The lowest BCUT2D eigenvalue weighted by Gasteiger charge is -2.29. The van der Waals surface area contributed by atoms with Crippen LogP contribution in [-0.2, 0) is 17.8 Å². The first-order chi connectivity index (χ1) is 9.20. The summed E-state index contributed by atoms with van der Waals surface area (Å²) in [5, 5.41) is 3.25. The molecule has 106 valence electrons. The van der Waals surface area contributed by atoms with Crippen LogP contribution in [0.3, 0.4) is 0 Å². The minimum atomic E-state index is -0.145. The van der Waals surface area contributed by atoms with Gasteiger partial charge in [0.25, 0.3) is 0 Å². The number of amides is 1. The first-order valence-electron chi connectivity index (χ1n) is 7.30. The van der Waals surface area contributed by atoms with Crippen molar-refractivity contribution in [3.05, 3.63) is 23.7 Å². The standard InChI is InChI=1S/C15H24N2O2/c1-3-13-7-8-14(19-13)11-16-12(2)15(18)17-9-5-4-6-10-17/h7-8,12,16H,3-6,9-11H2,1-2H3. The zero-order chi connectivity index (χ0) is 13.7. The van der Waals surface area contributed by atoms with Gasteiger partial charge in [0.15, 0.2) is 0 Å². The normalized spacial score (nSPS) is 17.5. The molecule has 4 heteroatoms. The Morgan fingerprint density at radius 3 is 2.63 bits per heavy atom. The Hall–Kier alpha value is -1.29. The van der Waals surface area contributed by atoms with Crippen LogP contribution < -0.4 is 5.32 Å². The predicted octanol–water partition coefficient (Wildman–Crippen LogP) is 2.33. The number of nitrogens with one attached hydrogen (secondary N) is 1. The molecule has 19 heavy (non-hydrogen) atoms. The van der Waals surface area contributed by atoms with E-state index in [0.29, 0.717) is 6.54 Å². The number of carbonyl (C=O) groups is 1. The maximum Gasteiger partial charge on any atom is 0.239 e. The van der Waals surface area contributed by atoms with Gasteiger partial charge in [0.2, 0.25) is 5.91 Å². The van der Waals surface area contributed by atoms with Gasteiger partial charge in [0.05, 0.1) is 12.6 Å². The Bertz CT molecular complexity index is 408. The van der Waals surface area contributed by atoms with E-state index in [9.17, 15) is 4.79 Å². The van der Waals surface area contributed by atoms with E-state index in [-0.39, 0.29) is 11.9 Å². The third kappa shape index (κ3) is 3.83. The summed E-state index contributed by atoms with van der Waals surface area (Å²) in [6.45, 7) is 6.43. The fourth-order valence-corrected chi connectivity index (χ4v) is 2.44. The Kier molecular flexibility index (Phi) is 5.02. The van der Waals surface area contributed by atoms with Gasteiger partial charge in [-0.1, -0.05) is 6.92 Å². The van der Waals surface area contributed by atoms with E-state index in [1.165, 1.54) is 6.42 Å². The molecule has 2 rings (SSSR count). The number of rotatable bonds is 5. The molecule has 0 aromatic carbocycles. The minimum absolute atomic E-state index is 0.145. The van der Waals surface area contributed by atoms with E-state index in [4.69, 9.17) is 4.42 Å². The van der Waals surface area contributed by atoms with Crippen molar-refractivity contribution in [2.45, 2.75) is 52.1 Å². The van der Waals surface area contributed by atoms with Crippen LogP contribution in [0.1, 0.15) is 44.6 Å². The summed E-state index contributed by atoms with van der Waals surface area (Å²) in [6, 6.07) is 3.83. The molecule has 1 aliphatic heterocycles. The molecule has 1 aliphatic rings. The molecule has 1 aromatic rings. The summed E-state index contributed by atoms with van der Waals surface area (Å²) in [4.78, 5) is 14.2. The van der Waals surface area contributed by atoms with Crippen molar-refractivity contribution in [3.63, 3.8) is 0 Å². The number of hydrogen-bond acceptors (Lipinski definition) is 3. The molecule has 1 N–H and O–H groups in total. The van der Waals surface area contributed by atoms with Crippen molar-refractivity contribution in [1.82, 2.24) is 10.2 Å². The summed E-state index contributed by atoms with van der Waals surface area (Å²) >= 11 is 0. The maximum atomic E-state index is 12.2. The molecule has 1 amide bonds. The second-order valence-corrected chi connectivity index (χ2v) is 5.21. The van der Waals surface area contributed by atoms with Gasteiger partial charge in [-0.15, -0.1) is 0 Å². The van der Waals surface area contributed by atoms with Crippen LogP contribution in [0.4, 0.5) is 0 Å². The SMILES string of the molecule is CCc1ccc(CNC(C)C(=O)N2CCCCC2)o1. The first kappa shape index (κ1) is 14.1. The molecular formula is C15H24N2O2. The van der Waals surface area contributed by atoms with Crippen molar-refractivity contribution < 1.29 is 9.21 Å². The van der Waals surface area contributed by atoms with Crippen molar-refractivity contribution in [1.29, 1.82) is 0 Å². The highest BCUT2D eigenvalue weighted by molar-refractivity contribution is 5.81. The van der Waals surface area contributed by atoms with Gasteiger partial charge in [-0.3, -0.25) is 10.1 Å². The van der Waals surface area contributed by atoms with E-state index < -0.39 is 0 Å². The molecule has 1 unspecified atom stereocenters. The lowest BCUT2D eigenvalue weighted by Crippen LogP contribution is -2.46. The van der Waals surface area contributed by atoms with Crippen molar-refractivity contribution in [3.8, 4) is 0 Å². The fourth-order valence-electron chi connectivity index (χ4n) is 2.44. The number of aryl methyl sites for hydroxylation is 1. The second kappa shape index (κ2) is 6.75. The van der Waals surface area contributed by atoms with Gasteiger partial charge < -0.3 is 9.32 Å². The van der Waals surface area contributed by atoms with Crippen LogP contribution in [0.15, 0.2) is 16.5 Å². The quantitative estimate of drug-likeness (QED) is 0.888. The highest BCUT2D eigenvalue weighted by atomic mass is 16.3. The topological polar surface area (TPSA) is 45.5 Å². The number of piperidine rings is 1. The van der Waals surface area contributed by atoms with Gasteiger partial charge in [0.1, 0.15) is 11.5 Å². The van der Waals surface area contributed by atoms with Gasteiger partial charge in [-0.25, -0.2) is 0 Å². The van der Waals surface area contributed by atoms with Crippen molar-refractivity contribution in [2.75, 3.05) is 13.1 Å². The van der Waals surface area contributed by atoms with Gasteiger partial charge in [-0.05, 0) is 38.3 Å². The smallest absolute Gasteiger partial charge is 0.239 e. The summed E-state index contributed by atoms with van der Waals surface area (Å²) in [7, 11) is 0. The van der Waals surface area contributed by atoms with E-state index in [1.807, 2.05) is 24.0 Å². The molecule has 4 nitrogen and oxygen atoms in total. The molecule has 0 saturated carbocycles. The van der Waals surface area contributed by atoms with Crippen molar-refractivity contribution >= 4 is 5.91 Å². The summed E-state index contributed by atoms with van der Waals surface area (Å²) in [5.41, 5.74) is 0. The average Bonchev–Trinajstić information content (AvgIpc) is 2.93.